The molecule has 0 aromatic carbocycles. The Hall–Kier alpha value is -2.16. The van der Waals surface area contributed by atoms with Gasteiger partial charge in [-0.3, -0.25) is 9.88 Å². The molecule has 0 amide bonds. The molecule has 0 unspecified atom stereocenters. The Balaban J connectivity index is 1.26. The van der Waals surface area contributed by atoms with Gasteiger partial charge in [-0.05, 0) is 35.5 Å². The van der Waals surface area contributed by atoms with Crippen molar-refractivity contribution in [3.63, 3.8) is 0 Å². The molecule has 4 rings (SSSR count). The SMILES string of the molecule is COCCOc1cc(CN2CCC(Oc3ccnc4ccsc34)CC2)on1. The Morgan fingerprint density at radius 1 is 1.26 bits per heavy atom. The van der Waals surface area contributed by atoms with Gasteiger partial charge in [0.15, 0.2) is 5.76 Å². The first-order valence-electron chi connectivity index (χ1n) is 9.10. The quantitative estimate of drug-likeness (QED) is 0.547. The summed E-state index contributed by atoms with van der Waals surface area (Å²) in [6.07, 6.45) is 4.02. The van der Waals surface area contributed by atoms with Crippen LogP contribution in [0.5, 0.6) is 11.6 Å². The molecular formula is C19H23N3O4S. The molecule has 1 aliphatic heterocycles. The maximum atomic E-state index is 6.26. The first-order chi connectivity index (χ1) is 13.3. The summed E-state index contributed by atoms with van der Waals surface area (Å²) in [5, 5.41) is 5.99. The molecule has 1 fully saturated rings. The lowest BCUT2D eigenvalue weighted by Gasteiger charge is -2.31. The Labute approximate surface area is 161 Å². The first kappa shape index (κ1) is 18.2. The minimum atomic E-state index is 0.233. The number of rotatable bonds is 8. The molecule has 8 heteroatoms. The molecule has 7 nitrogen and oxygen atoms in total. The summed E-state index contributed by atoms with van der Waals surface area (Å²) < 4.78 is 23.2. The number of ether oxygens (including phenoxy) is 3. The second-order valence-electron chi connectivity index (χ2n) is 6.51. The normalized spacial score (nSPS) is 16.0. The van der Waals surface area contributed by atoms with Crippen molar-refractivity contribution in [2.75, 3.05) is 33.4 Å². The molecule has 0 radical (unpaired) electrons. The van der Waals surface area contributed by atoms with Gasteiger partial charge in [-0.15, -0.1) is 11.3 Å². The number of methoxy groups -OCH3 is 1. The van der Waals surface area contributed by atoms with Gasteiger partial charge in [0.05, 0.1) is 23.4 Å². The topological polar surface area (TPSA) is 69.9 Å². The van der Waals surface area contributed by atoms with Gasteiger partial charge in [0.25, 0.3) is 5.88 Å². The molecule has 1 saturated heterocycles. The zero-order valence-electron chi connectivity index (χ0n) is 15.3. The van der Waals surface area contributed by atoms with Gasteiger partial charge >= 0.3 is 0 Å². The van der Waals surface area contributed by atoms with Crippen molar-refractivity contribution in [3.8, 4) is 11.6 Å². The summed E-state index contributed by atoms with van der Waals surface area (Å²) in [7, 11) is 1.64. The number of fused-ring (bicyclic) bond motifs is 1. The van der Waals surface area contributed by atoms with Crippen LogP contribution in [0.3, 0.4) is 0 Å². The van der Waals surface area contributed by atoms with Crippen LogP contribution in [-0.2, 0) is 11.3 Å². The number of hydrogen-bond donors (Lipinski definition) is 0. The summed E-state index contributed by atoms with van der Waals surface area (Å²) in [5.41, 5.74) is 1.00. The number of pyridine rings is 1. The summed E-state index contributed by atoms with van der Waals surface area (Å²) in [6, 6.07) is 5.84. The van der Waals surface area contributed by atoms with Gasteiger partial charge in [-0.2, -0.15) is 0 Å². The monoisotopic (exact) mass is 389 g/mol. The minimum Gasteiger partial charge on any atom is -0.489 e. The molecular weight excluding hydrogens is 366 g/mol. The Morgan fingerprint density at radius 3 is 3.00 bits per heavy atom. The Kier molecular flexibility index (Phi) is 5.86. The van der Waals surface area contributed by atoms with Gasteiger partial charge in [0.1, 0.15) is 18.5 Å². The predicted molar refractivity (Wildman–Crippen MR) is 102 cm³/mol. The molecule has 27 heavy (non-hydrogen) atoms. The number of aromatic nitrogens is 2. The number of hydrogen-bond acceptors (Lipinski definition) is 8. The van der Waals surface area contributed by atoms with Gasteiger partial charge in [0.2, 0.25) is 0 Å². The summed E-state index contributed by atoms with van der Waals surface area (Å²) in [5.74, 6) is 2.27. The van der Waals surface area contributed by atoms with E-state index in [-0.39, 0.29) is 6.10 Å². The highest BCUT2D eigenvalue weighted by atomic mass is 32.1. The molecule has 0 bridgehead atoms. The van der Waals surface area contributed by atoms with Crippen LogP contribution in [0, 0.1) is 0 Å². The molecule has 0 spiro atoms. The smallest absolute Gasteiger partial charge is 0.254 e. The lowest BCUT2D eigenvalue weighted by molar-refractivity contribution is 0.0925. The van der Waals surface area contributed by atoms with E-state index in [1.54, 1.807) is 18.4 Å². The van der Waals surface area contributed by atoms with Crippen molar-refractivity contribution in [1.29, 1.82) is 0 Å². The molecule has 0 N–H and O–H groups in total. The summed E-state index contributed by atoms with van der Waals surface area (Å²) in [6.45, 7) is 3.66. The predicted octanol–water partition coefficient (Wildman–Crippen LogP) is 3.35. The molecule has 0 aliphatic carbocycles. The van der Waals surface area contributed by atoms with E-state index >= 15 is 0 Å². The highest BCUT2D eigenvalue weighted by Gasteiger charge is 2.22. The van der Waals surface area contributed by atoms with Gasteiger partial charge < -0.3 is 18.7 Å². The molecule has 3 aromatic rings. The van der Waals surface area contributed by atoms with Crippen LogP contribution in [0.15, 0.2) is 34.3 Å². The highest BCUT2D eigenvalue weighted by molar-refractivity contribution is 7.17. The van der Waals surface area contributed by atoms with E-state index in [1.165, 1.54) is 0 Å². The van der Waals surface area contributed by atoms with Crippen molar-refractivity contribution >= 4 is 21.6 Å². The van der Waals surface area contributed by atoms with Crippen molar-refractivity contribution in [2.45, 2.75) is 25.5 Å². The average molecular weight is 389 g/mol. The molecule has 144 valence electrons. The highest BCUT2D eigenvalue weighted by Crippen LogP contribution is 2.31. The van der Waals surface area contributed by atoms with Crippen molar-refractivity contribution < 1.29 is 18.7 Å². The number of piperidine rings is 1. The maximum absolute atomic E-state index is 6.26. The number of nitrogens with zero attached hydrogens (tertiary/aromatic N) is 3. The van der Waals surface area contributed by atoms with Crippen LogP contribution < -0.4 is 9.47 Å². The summed E-state index contributed by atoms with van der Waals surface area (Å²) in [4.78, 5) is 6.72. The van der Waals surface area contributed by atoms with Crippen molar-refractivity contribution in [1.82, 2.24) is 15.0 Å². The molecule has 1 aliphatic rings. The zero-order valence-corrected chi connectivity index (χ0v) is 16.1. The fourth-order valence-electron chi connectivity index (χ4n) is 3.19. The van der Waals surface area contributed by atoms with E-state index < -0.39 is 0 Å². The minimum absolute atomic E-state index is 0.233. The molecule has 3 aromatic heterocycles. The summed E-state index contributed by atoms with van der Waals surface area (Å²) >= 11 is 1.68. The van der Waals surface area contributed by atoms with Crippen LogP contribution in [0.4, 0.5) is 0 Å². The van der Waals surface area contributed by atoms with Crippen LogP contribution in [0.1, 0.15) is 18.6 Å². The van der Waals surface area contributed by atoms with Gasteiger partial charge in [0, 0.05) is 32.5 Å². The average Bonchev–Trinajstić information content (AvgIpc) is 3.34. The fourth-order valence-corrected chi connectivity index (χ4v) is 4.00. The number of thiophene rings is 1. The fraction of sp³-hybridized carbons (Fsp3) is 0.474. The van der Waals surface area contributed by atoms with E-state index in [0.717, 1.165) is 54.2 Å². The van der Waals surface area contributed by atoms with E-state index in [1.807, 2.05) is 24.4 Å². The number of likely N-dealkylation sites (tertiary alicyclic amines) is 1. The standard InChI is InChI=1S/C19H23N3O4S/c1-23-9-10-24-18-12-15(26-21-18)13-22-7-3-14(4-8-22)25-17-2-6-20-16-5-11-27-19(16)17/h2,5-6,11-12,14H,3-4,7-10,13H2,1H3. The molecule has 4 heterocycles. The third-order valence-electron chi connectivity index (χ3n) is 4.59. The van der Waals surface area contributed by atoms with Crippen LogP contribution in [0.2, 0.25) is 0 Å². The van der Waals surface area contributed by atoms with E-state index in [2.05, 4.69) is 20.4 Å². The first-order valence-corrected chi connectivity index (χ1v) is 9.98. The lowest BCUT2D eigenvalue weighted by Crippen LogP contribution is -2.37. The van der Waals surface area contributed by atoms with E-state index in [9.17, 15) is 0 Å². The van der Waals surface area contributed by atoms with Gasteiger partial charge in [-0.1, -0.05) is 0 Å². The van der Waals surface area contributed by atoms with E-state index in [0.29, 0.717) is 19.1 Å². The third-order valence-corrected chi connectivity index (χ3v) is 5.51. The second kappa shape index (κ2) is 8.69. The largest absolute Gasteiger partial charge is 0.489 e. The Bertz CT molecular complexity index is 857. The van der Waals surface area contributed by atoms with Crippen LogP contribution in [0.25, 0.3) is 10.2 Å². The van der Waals surface area contributed by atoms with Crippen molar-refractivity contribution in [3.05, 3.63) is 35.5 Å². The Morgan fingerprint density at radius 2 is 2.15 bits per heavy atom. The molecule has 0 atom stereocenters. The zero-order chi connectivity index (χ0) is 18.5. The maximum Gasteiger partial charge on any atom is 0.254 e. The third kappa shape index (κ3) is 4.58. The van der Waals surface area contributed by atoms with E-state index in [4.69, 9.17) is 18.7 Å². The molecule has 0 saturated carbocycles. The van der Waals surface area contributed by atoms with Crippen molar-refractivity contribution in [2.24, 2.45) is 0 Å². The van der Waals surface area contributed by atoms with Crippen LogP contribution in [-0.4, -0.2) is 54.6 Å². The van der Waals surface area contributed by atoms with Crippen LogP contribution >= 0.6 is 11.3 Å². The van der Waals surface area contributed by atoms with Gasteiger partial charge in [-0.25, -0.2) is 0 Å². The lowest BCUT2D eigenvalue weighted by atomic mass is 10.1. The second-order valence-corrected chi connectivity index (χ2v) is 7.43.